The summed E-state index contributed by atoms with van der Waals surface area (Å²) in [6, 6.07) is 0. The first-order chi connectivity index (χ1) is 8.02. The molecule has 0 spiro atoms. The van der Waals surface area contributed by atoms with Crippen LogP contribution in [0.4, 0.5) is 0 Å². The van der Waals surface area contributed by atoms with E-state index in [1.54, 1.807) is 0 Å². The van der Waals surface area contributed by atoms with Crippen molar-refractivity contribution in [3.63, 3.8) is 0 Å². The number of piperidine rings is 2. The van der Waals surface area contributed by atoms with Gasteiger partial charge in [0.25, 0.3) is 0 Å². The molecule has 0 aromatic heterocycles. The van der Waals surface area contributed by atoms with Gasteiger partial charge in [-0.25, -0.2) is 0 Å². The van der Waals surface area contributed by atoms with Gasteiger partial charge in [-0.15, -0.1) is 0 Å². The summed E-state index contributed by atoms with van der Waals surface area (Å²) < 4.78 is 0. The van der Waals surface area contributed by atoms with Crippen LogP contribution in [-0.2, 0) is 0 Å². The summed E-state index contributed by atoms with van der Waals surface area (Å²) in [5, 5.41) is 0. The van der Waals surface area contributed by atoms with Gasteiger partial charge in [0, 0.05) is 26.2 Å². The van der Waals surface area contributed by atoms with Crippen LogP contribution >= 0.6 is 0 Å². The van der Waals surface area contributed by atoms with Gasteiger partial charge in [-0.2, -0.15) is 0 Å². The SMILES string of the molecule is CC1CC(C)CN(CN2CC(C)CC(C)C2)C1. The minimum absolute atomic E-state index is 0.887. The van der Waals surface area contributed by atoms with Crippen molar-refractivity contribution in [3.8, 4) is 0 Å². The van der Waals surface area contributed by atoms with Crippen molar-refractivity contribution in [3.05, 3.63) is 0 Å². The predicted octanol–water partition coefficient (Wildman–Crippen LogP) is 2.90. The van der Waals surface area contributed by atoms with Gasteiger partial charge in [-0.1, -0.05) is 27.7 Å². The van der Waals surface area contributed by atoms with Gasteiger partial charge in [-0.05, 0) is 36.5 Å². The van der Waals surface area contributed by atoms with E-state index in [4.69, 9.17) is 0 Å². The molecule has 100 valence electrons. The molecule has 2 saturated heterocycles. The van der Waals surface area contributed by atoms with Crippen LogP contribution in [0.5, 0.6) is 0 Å². The van der Waals surface area contributed by atoms with Gasteiger partial charge in [0.2, 0.25) is 0 Å². The first-order valence-electron chi connectivity index (χ1n) is 7.47. The van der Waals surface area contributed by atoms with Crippen LogP contribution in [0.15, 0.2) is 0 Å². The maximum atomic E-state index is 2.68. The Morgan fingerprint density at radius 3 is 1.24 bits per heavy atom. The van der Waals surface area contributed by atoms with E-state index in [2.05, 4.69) is 37.5 Å². The Labute approximate surface area is 107 Å². The molecule has 2 fully saturated rings. The molecule has 2 aliphatic heterocycles. The Morgan fingerprint density at radius 2 is 0.941 bits per heavy atom. The lowest BCUT2D eigenvalue weighted by atomic mass is 9.91. The number of likely N-dealkylation sites (tertiary alicyclic amines) is 2. The van der Waals surface area contributed by atoms with Gasteiger partial charge in [0.1, 0.15) is 0 Å². The van der Waals surface area contributed by atoms with Gasteiger partial charge in [0.05, 0.1) is 6.67 Å². The van der Waals surface area contributed by atoms with E-state index in [9.17, 15) is 0 Å². The first-order valence-corrected chi connectivity index (χ1v) is 7.47. The molecule has 2 aliphatic rings. The molecule has 2 heterocycles. The summed E-state index contributed by atoms with van der Waals surface area (Å²) in [6.07, 6.45) is 2.84. The third kappa shape index (κ3) is 3.96. The molecule has 4 atom stereocenters. The summed E-state index contributed by atoms with van der Waals surface area (Å²) in [7, 11) is 0. The second kappa shape index (κ2) is 5.71. The lowest BCUT2D eigenvalue weighted by molar-refractivity contribution is 0.0363. The highest BCUT2D eigenvalue weighted by atomic mass is 15.3. The van der Waals surface area contributed by atoms with E-state index >= 15 is 0 Å². The molecule has 0 aromatic rings. The molecule has 0 amide bonds. The van der Waals surface area contributed by atoms with Crippen molar-refractivity contribution in [2.45, 2.75) is 40.5 Å². The molecule has 0 N–H and O–H groups in total. The third-order valence-electron chi connectivity index (χ3n) is 4.29. The maximum Gasteiger partial charge on any atom is 0.0506 e. The molecule has 2 nitrogen and oxygen atoms in total. The van der Waals surface area contributed by atoms with E-state index in [0.29, 0.717) is 0 Å². The average Bonchev–Trinajstić information content (AvgIpc) is 2.13. The molecule has 2 heteroatoms. The highest BCUT2D eigenvalue weighted by Gasteiger charge is 2.26. The van der Waals surface area contributed by atoms with Crippen molar-refractivity contribution >= 4 is 0 Å². The van der Waals surface area contributed by atoms with Crippen LogP contribution in [0.2, 0.25) is 0 Å². The summed E-state index contributed by atoms with van der Waals surface area (Å²) >= 11 is 0. The molecule has 17 heavy (non-hydrogen) atoms. The van der Waals surface area contributed by atoms with Crippen LogP contribution in [0.1, 0.15) is 40.5 Å². The summed E-state index contributed by atoms with van der Waals surface area (Å²) in [5.41, 5.74) is 0. The Bertz CT molecular complexity index is 197. The lowest BCUT2D eigenvalue weighted by Crippen LogP contribution is -2.49. The second-order valence-corrected chi connectivity index (χ2v) is 7.11. The number of rotatable bonds is 2. The van der Waals surface area contributed by atoms with E-state index in [1.165, 1.54) is 45.7 Å². The van der Waals surface area contributed by atoms with E-state index in [1.807, 2.05) is 0 Å². The largest absolute Gasteiger partial charge is 0.290 e. The second-order valence-electron chi connectivity index (χ2n) is 7.11. The third-order valence-corrected chi connectivity index (χ3v) is 4.29. The molecular weight excluding hydrogens is 208 g/mol. The zero-order valence-electron chi connectivity index (χ0n) is 12.2. The molecule has 0 saturated carbocycles. The van der Waals surface area contributed by atoms with Crippen molar-refractivity contribution in [2.24, 2.45) is 23.7 Å². The molecule has 2 rings (SSSR count). The Kier molecular flexibility index (Phi) is 4.48. The summed E-state index contributed by atoms with van der Waals surface area (Å²) in [4.78, 5) is 5.37. The highest BCUT2D eigenvalue weighted by Crippen LogP contribution is 2.24. The lowest BCUT2D eigenvalue weighted by Gasteiger charge is -2.41. The predicted molar refractivity (Wildman–Crippen MR) is 73.9 cm³/mol. The van der Waals surface area contributed by atoms with Crippen LogP contribution in [0.3, 0.4) is 0 Å². The number of hydrogen-bond donors (Lipinski definition) is 0. The number of nitrogens with zero attached hydrogens (tertiary/aromatic N) is 2. The number of hydrogen-bond acceptors (Lipinski definition) is 2. The fraction of sp³-hybridized carbons (Fsp3) is 1.00. The molecule has 4 unspecified atom stereocenters. The van der Waals surface area contributed by atoms with Crippen molar-refractivity contribution < 1.29 is 0 Å². The smallest absolute Gasteiger partial charge is 0.0506 e. The minimum atomic E-state index is 0.887. The van der Waals surface area contributed by atoms with E-state index < -0.39 is 0 Å². The van der Waals surface area contributed by atoms with Gasteiger partial charge in [0.15, 0.2) is 0 Å². The normalized spacial score (nSPS) is 41.6. The van der Waals surface area contributed by atoms with Crippen molar-refractivity contribution in [1.82, 2.24) is 9.80 Å². The van der Waals surface area contributed by atoms with Crippen LogP contribution in [0, 0.1) is 23.7 Å². The van der Waals surface area contributed by atoms with Crippen molar-refractivity contribution in [1.29, 1.82) is 0 Å². The molecular formula is C15H30N2. The Hall–Kier alpha value is -0.0800. The first kappa shape index (κ1) is 13.4. The standard InChI is InChI=1S/C15H30N2/c1-12-5-13(2)8-16(7-12)11-17-9-14(3)6-15(4)10-17/h12-15H,5-11H2,1-4H3. The van der Waals surface area contributed by atoms with Crippen LogP contribution in [-0.4, -0.2) is 42.6 Å². The van der Waals surface area contributed by atoms with Crippen LogP contribution < -0.4 is 0 Å². The van der Waals surface area contributed by atoms with Crippen molar-refractivity contribution in [2.75, 3.05) is 32.8 Å². The average molecular weight is 238 g/mol. The zero-order valence-corrected chi connectivity index (χ0v) is 12.2. The molecule has 0 aliphatic carbocycles. The van der Waals surface area contributed by atoms with E-state index in [-0.39, 0.29) is 0 Å². The Morgan fingerprint density at radius 1 is 0.647 bits per heavy atom. The fourth-order valence-electron chi connectivity index (χ4n) is 4.10. The fourth-order valence-corrected chi connectivity index (χ4v) is 4.10. The molecule has 0 radical (unpaired) electrons. The molecule has 0 aromatic carbocycles. The highest BCUT2D eigenvalue weighted by molar-refractivity contribution is 4.78. The van der Waals surface area contributed by atoms with Gasteiger partial charge >= 0.3 is 0 Å². The monoisotopic (exact) mass is 238 g/mol. The zero-order chi connectivity index (χ0) is 12.4. The summed E-state index contributed by atoms with van der Waals surface area (Å²) in [6.45, 7) is 16.1. The molecule has 0 bridgehead atoms. The van der Waals surface area contributed by atoms with Crippen LogP contribution in [0.25, 0.3) is 0 Å². The van der Waals surface area contributed by atoms with Gasteiger partial charge in [-0.3, -0.25) is 9.80 Å². The topological polar surface area (TPSA) is 6.48 Å². The Balaban J connectivity index is 1.83. The minimum Gasteiger partial charge on any atom is -0.290 e. The van der Waals surface area contributed by atoms with E-state index in [0.717, 1.165) is 23.7 Å². The summed E-state index contributed by atoms with van der Waals surface area (Å²) in [5.74, 6) is 3.55. The maximum absolute atomic E-state index is 2.68. The quantitative estimate of drug-likeness (QED) is 0.730. The van der Waals surface area contributed by atoms with Gasteiger partial charge < -0.3 is 0 Å².